The number of hydrogen-bond donors (Lipinski definition) is 1. The quantitative estimate of drug-likeness (QED) is 0.914. The van der Waals surface area contributed by atoms with E-state index in [4.69, 9.17) is 9.84 Å². The van der Waals surface area contributed by atoms with Crippen molar-refractivity contribution in [2.24, 2.45) is 4.36 Å². The van der Waals surface area contributed by atoms with Crippen LogP contribution in [0.25, 0.3) is 0 Å². The molecule has 1 rings (SSSR count). The number of carboxylic acids is 1. The number of carbonyl (C=O) groups is 1. The summed E-state index contributed by atoms with van der Waals surface area (Å²) in [6, 6.07) is 9.68. The van der Waals surface area contributed by atoms with Gasteiger partial charge < -0.3 is 9.84 Å². The Morgan fingerprint density at radius 3 is 2.16 bits per heavy atom. The minimum atomic E-state index is -2.54. The highest BCUT2D eigenvalue weighted by Crippen LogP contribution is 2.13. The predicted molar refractivity (Wildman–Crippen MR) is 70.7 cm³/mol. The highest BCUT2D eigenvalue weighted by atomic mass is 32.2. The first-order valence-electron chi connectivity index (χ1n) is 5.40. The van der Waals surface area contributed by atoms with Crippen molar-refractivity contribution >= 4 is 16.5 Å². The Kier molecular flexibility index (Phi) is 7.43. The van der Waals surface area contributed by atoms with Crippen LogP contribution in [0.2, 0.25) is 0 Å². The standard InChI is InChI=1S/C7H8O.C5H9NO4S/c1-8-7-5-3-2-4-6-7;1-5(2,3-4(7)8)6-11(9)10/h2-6H,1H3;3H2,1-2H3,(H,7,8). The lowest BCUT2D eigenvalue weighted by Gasteiger charge is -2.12. The van der Waals surface area contributed by atoms with Gasteiger partial charge >= 0.3 is 16.5 Å². The lowest BCUT2D eigenvalue weighted by Crippen LogP contribution is -2.20. The second-order valence-electron chi connectivity index (χ2n) is 4.21. The van der Waals surface area contributed by atoms with Crippen LogP contribution in [0, 0.1) is 0 Å². The molecule has 0 atom stereocenters. The maximum Gasteiger partial charge on any atom is 0.311 e. The van der Waals surface area contributed by atoms with E-state index in [0.29, 0.717) is 0 Å². The maximum absolute atomic E-state index is 10.1. The molecule has 0 radical (unpaired) electrons. The number of carboxylic acid groups (broad SMARTS) is 1. The van der Waals surface area contributed by atoms with Crippen molar-refractivity contribution in [1.29, 1.82) is 0 Å². The number of benzene rings is 1. The first kappa shape index (κ1) is 17.1. The van der Waals surface area contributed by atoms with Crippen LogP contribution in [-0.4, -0.2) is 32.1 Å². The molecule has 0 aromatic heterocycles. The van der Waals surface area contributed by atoms with Crippen molar-refractivity contribution < 1.29 is 23.1 Å². The summed E-state index contributed by atoms with van der Waals surface area (Å²) in [4.78, 5) is 10.1. The Balaban J connectivity index is 0.000000356. The van der Waals surface area contributed by atoms with Gasteiger partial charge in [-0.3, -0.25) is 4.79 Å². The van der Waals surface area contributed by atoms with Gasteiger partial charge in [-0.15, -0.1) is 0 Å². The van der Waals surface area contributed by atoms with E-state index >= 15 is 0 Å². The predicted octanol–water partition coefficient (Wildman–Crippen LogP) is 2.00. The van der Waals surface area contributed by atoms with Gasteiger partial charge in [0.25, 0.3) is 0 Å². The zero-order valence-corrected chi connectivity index (χ0v) is 11.8. The van der Waals surface area contributed by atoms with Gasteiger partial charge in [-0.1, -0.05) is 18.2 Å². The van der Waals surface area contributed by atoms with Crippen molar-refractivity contribution in [3.63, 3.8) is 0 Å². The molecule has 1 aromatic carbocycles. The molecule has 1 N–H and O–H groups in total. The van der Waals surface area contributed by atoms with Gasteiger partial charge in [0.05, 0.1) is 19.1 Å². The summed E-state index contributed by atoms with van der Waals surface area (Å²) in [5.41, 5.74) is -1.04. The van der Waals surface area contributed by atoms with Gasteiger partial charge in [0.15, 0.2) is 0 Å². The van der Waals surface area contributed by atoms with Gasteiger partial charge in [-0.2, -0.15) is 12.8 Å². The average Bonchev–Trinajstić information content (AvgIpc) is 2.27. The van der Waals surface area contributed by atoms with E-state index in [9.17, 15) is 13.2 Å². The van der Waals surface area contributed by atoms with Crippen LogP contribution in [0.4, 0.5) is 0 Å². The van der Waals surface area contributed by atoms with Crippen molar-refractivity contribution in [3.05, 3.63) is 30.3 Å². The van der Waals surface area contributed by atoms with Gasteiger partial charge in [-0.05, 0) is 26.0 Å². The molecule has 0 fully saturated rings. The summed E-state index contributed by atoms with van der Waals surface area (Å²) in [6.07, 6.45) is -0.291. The van der Waals surface area contributed by atoms with E-state index < -0.39 is 22.0 Å². The third-order valence-electron chi connectivity index (χ3n) is 1.88. The Labute approximate surface area is 113 Å². The van der Waals surface area contributed by atoms with Crippen LogP contribution in [-0.2, 0) is 15.3 Å². The minimum absolute atomic E-state index is 0.291. The minimum Gasteiger partial charge on any atom is -0.497 e. The Bertz CT molecular complexity index is 514. The lowest BCUT2D eigenvalue weighted by molar-refractivity contribution is -0.138. The monoisotopic (exact) mass is 287 g/mol. The number of rotatable bonds is 4. The average molecular weight is 287 g/mol. The van der Waals surface area contributed by atoms with E-state index in [1.807, 2.05) is 30.3 Å². The third-order valence-corrected chi connectivity index (χ3v) is 2.53. The largest absolute Gasteiger partial charge is 0.497 e. The highest BCUT2D eigenvalue weighted by Gasteiger charge is 2.20. The van der Waals surface area contributed by atoms with E-state index in [0.717, 1.165) is 5.75 Å². The highest BCUT2D eigenvalue weighted by molar-refractivity contribution is 7.61. The molecule has 0 aliphatic carbocycles. The van der Waals surface area contributed by atoms with Crippen molar-refractivity contribution in [2.45, 2.75) is 25.8 Å². The summed E-state index contributed by atoms with van der Waals surface area (Å²) < 4.78 is 28.2. The first-order chi connectivity index (χ1) is 8.76. The molecule has 7 heteroatoms. The molecule has 106 valence electrons. The molecule has 19 heavy (non-hydrogen) atoms. The number of hydrogen-bond acceptors (Lipinski definition) is 5. The molecule has 0 spiro atoms. The van der Waals surface area contributed by atoms with Crippen LogP contribution in [0.5, 0.6) is 5.75 Å². The lowest BCUT2D eigenvalue weighted by atomic mass is 10.0. The van der Waals surface area contributed by atoms with Crippen LogP contribution in [0.15, 0.2) is 34.7 Å². The molecule has 0 aliphatic heterocycles. The summed E-state index contributed by atoms with van der Waals surface area (Å²) in [5, 5.41) is 8.30. The number of methoxy groups -OCH3 is 1. The number of ether oxygens (including phenoxy) is 1. The summed E-state index contributed by atoms with van der Waals surface area (Å²) in [6.45, 7) is 2.88. The number of nitrogens with zero attached hydrogens (tertiary/aromatic N) is 1. The summed E-state index contributed by atoms with van der Waals surface area (Å²) >= 11 is 0. The number of aliphatic carboxylic acids is 1. The molecule has 0 amide bonds. The third kappa shape index (κ3) is 9.78. The maximum atomic E-state index is 10.1. The molecular weight excluding hydrogens is 270 g/mol. The van der Waals surface area contributed by atoms with Gasteiger partial charge in [0.2, 0.25) is 0 Å². The zero-order chi connectivity index (χ0) is 14.9. The smallest absolute Gasteiger partial charge is 0.311 e. The van der Waals surface area contributed by atoms with Crippen LogP contribution in [0.3, 0.4) is 0 Å². The SMILES string of the molecule is CC(C)(CC(=O)O)N=S(=O)=O.COc1ccccc1. The Morgan fingerprint density at radius 1 is 1.32 bits per heavy atom. The van der Waals surface area contributed by atoms with Gasteiger partial charge in [0, 0.05) is 0 Å². The molecule has 0 saturated heterocycles. The van der Waals surface area contributed by atoms with Crippen LogP contribution in [0.1, 0.15) is 20.3 Å². The Morgan fingerprint density at radius 2 is 1.84 bits per heavy atom. The van der Waals surface area contributed by atoms with Gasteiger partial charge in [-0.25, -0.2) is 0 Å². The van der Waals surface area contributed by atoms with Crippen LogP contribution < -0.4 is 4.74 Å². The molecule has 0 saturated carbocycles. The fourth-order valence-electron chi connectivity index (χ4n) is 1.16. The van der Waals surface area contributed by atoms with Crippen molar-refractivity contribution in [1.82, 2.24) is 0 Å². The molecule has 0 aliphatic rings. The van der Waals surface area contributed by atoms with E-state index in [2.05, 4.69) is 4.36 Å². The normalized spacial score (nSPS) is 9.84. The van der Waals surface area contributed by atoms with E-state index in [1.165, 1.54) is 13.8 Å². The van der Waals surface area contributed by atoms with E-state index in [-0.39, 0.29) is 6.42 Å². The Hall–Kier alpha value is -1.89. The summed E-state index contributed by atoms with van der Waals surface area (Å²) in [7, 11) is -0.878. The molecule has 0 heterocycles. The molecular formula is C12H17NO5S. The first-order valence-corrected chi connectivity index (χ1v) is 6.43. The fourth-order valence-corrected chi connectivity index (χ4v) is 1.63. The second-order valence-corrected chi connectivity index (χ2v) is 4.83. The number of para-hydroxylation sites is 1. The summed E-state index contributed by atoms with van der Waals surface area (Å²) in [5.74, 6) is -0.156. The molecule has 6 nitrogen and oxygen atoms in total. The van der Waals surface area contributed by atoms with E-state index in [1.54, 1.807) is 7.11 Å². The molecule has 1 aromatic rings. The zero-order valence-electron chi connectivity index (χ0n) is 11.0. The van der Waals surface area contributed by atoms with Crippen molar-refractivity contribution in [2.75, 3.05) is 7.11 Å². The van der Waals surface area contributed by atoms with Gasteiger partial charge in [0.1, 0.15) is 5.75 Å². The molecule has 0 unspecified atom stereocenters. The van der Waals surface area contributed by atoms with Crippen molar-refractivity contribution in [3.8, 4) is 5.75 Å². The van der Waals surface area contributed by atoms with Crippen LogP contribution >= 0.6 is 0 Å². The fraction of sp³-hybridized carbons (Fsp3) is 0.417. The second kappa shape index (κ2) is 8.25. The molecule has 0 bridgehead atoms. The topological polar surface area (TPSA) is 93.0 Å².